The Morgan fingerprint density at radius 1 is 0.983 bits per heavy atom. The van der Waals surface area contributed by atoms with Gasteiger partial charge in [-0.15, -0.1) is 5.11 Å². The number of hydrogen-bond donors (Lipinski definition) is 2. The van der Waals surface area contributed by atoms with Crippen molar-refractivity contribution in [3.05, 3.63) is 101 Å². The zero-order valence-electron chi connectivity index (χ0n) is 32.7. The van der Waals surface area contributed by atoms with Gasteiger partial charge in [0.1, 0.15) is 42.5 Å². The lowest BCUT2D eigenvalue weighted by molar-refractivity contribution is -0.166. The van der Waals surface area contributed by atoms with Crippen LogP contribution in [-0.2, 0) is 20.1 Å². The fraction of sp³-hybridized carbons (Fsp3) is 0.475. The summed E-state index contributed by atoms with van der Waals surface area (Å²) in [6, 6.07) is 17.9. The van der Waals surface area contributed by atoms with Gasteiger partial charge in [0, 0.05) is 49.2 Å². The SMILES string of the molecule is CC(CC(C)[C@H](N)C(=O)O)C(C)n1ncn(-c2ccc(N3CCN(c4ccc(OCC5COC(C)(c6ccc(F)cc6F)O5)cc4)CC3)cc2)c1=O.IC12CN1N=N2. The number of carbonyl (C=O) groups is 1. The third-order valence-electron chi connectivity index (χ3n) is 11.3. The Bertz CT molecular complexity index is 2170. The van der Waals surface area contributed by atoms with Crippen molar-refractivity contribution in [1.29, 1.82) is 0 Å². The molecule has 6 unspecified atom stereocenters. The predicted molar refractivity (Wildman–Crippen MR) is 220 cm³/mol. The van der Waals surface area contributed by atoms with Crippen LogP contribution in [0.2, 0.25) is 0 Å². The van der Waals surface area contributed by atoms with Gasteiger partial charge >= 0.3 is 11.7 Å². The molecule has 3 fully saturated rings. The van der Waals surface area contributed by atoms with E-state index in [0.29, 0.717) is 17.9 Å². The number of benzene rings is 3. The summed E-state index contributed by atoms with van der Waals surface area (Å²) in [4.78, 5) is 29.2. The summed E-state index contributed by atoms with van der Waals surface area (Å²) in [5.74, 6) is -3.30. The van der Waals surface area contributed by atoms with Crippen LogP contribution in [0.3, 0.4) is 0 Å². The zero-order valence-corrected chi connectivity index (χ0v) is 34.9. The number of rotatable bonds is 13. The van der Waals surface area contributed by atoms with E-state index in [2.05, 4.69) is 47.8 Å². The molecule has 0 aliphatic carbocycles. The highest BCUT2D eigenvalue weighted by molar-refractivity contribution is 14.1. The van der Waals surface area contributed by atoms with Gasteiger partial charge in [0.05, 0.1) is 24.9 Å². The highest BCUT2D eigenvalue weighted by atomic mass is 127. The highest BCUT2D eigenvalue weighted by Gasteiger charge is 2.58. The van der Waals surface area contributed by atoms with Crippen LogP contribution in [-0.4, -0.2) is 92.2 Å². The van der Waals surface area contributed by atoms with Gasteiger partial charge in [-0.3, -0.25) is 4.79 Å². The Labute approximate surface area is 348 Å². The first-order chi connectivity index (χ1) is 27.6. The van der Waals surface area contributed by atoms with Crippen molar-refractivity contribution < 1.29 is 32.9 Å². The largest absolute Gasteiger partial charge is 0.491 e. The Kier molecular flexibility index (Phi) is 12.1. The molecule has 4 aliphatic heterocycles. The molecule has 3 saturated heterocycles. The maximum absolute atomic E-state index is 14.3. The molecule has 0 bridgehead atoms. The molecule has 310 valence electrons. The van der Waals surface area contributed by atoms with Gasteiger partial charge in [-0.2, -0.15) is 5.10 Å². The van der Waals surface area contributed by atoms with Crippen LogP contribution >= 0.6 is 22.6 Å². The van der Waals surface area contributed by atoms with E-state index in [-0.39, 0.29) is 46.0 Å². The Balaban J connectivity index is 0.000000771. The molecule has 4 aliphatic rings. The highest BCUT2D eigenvalue weighted by Crippen LogP contribution is 2.48. The van der Waals surface area contributed by atoms with Crippen LogP contribution < -0.4 is 26.0 Å². The van der Waals surface area contributed by atoms with Crippen molar-refractivity contribution in [2.45, 2.75) is 61.8 Å². The molecule has 0 saturated carbocycles. The molecular formula is C40H48F2IN9O6. The summed E-state index contributed by atoms with van der Waals surface area (Å²) in [5.41, 5.74) is 8.54. The molecule has 4 aromatic rings. The van der Waals surface area contributed by atoms with E-state index in [1.807, 2.05) is 74.3 Å². The van der Waals surface area contributed by atoms with Crippen LogP contribution in [0, 0.1) is 23.5 Å². The average molecular weight is 916 g/mol. The molecule has 0 spiro atoms. The third kappa shape index (κ3) is 8.98. The molecule has 0 radical (unpaired) electrons. The van der Waals surface area contributed by atoms with E-state index >= 15 is 0 Å². The minimum Gasteiger partial charge on any atom is -0.491 e. The predicted octanol–water partition coefficient (Wildman–Crippen LogP) is 5.71. The lowest BCUT2D eigenvalue weighted by Crippen LogP contribution is -2.46. The van der Waals surface area contributed by atoms with Crippen LogP contribution in [0.4, 0.5) is 20.2 Å². The van der Waals surface area contributed by atoms with Gasteiger partial charge in [0.2, 0.25) is 3.67 Å². The van der Waals surface area contributed by atoms with Crippen LogP contribution in [0.25, 0.3) is 5.69 Å². The van der Waals surface area contributed by atoms with Crippen molar-refractivity contribution in [3.8, 4) is 11.4 Å². The molecule has 58 heavy (non-hydrogen) atoms. The number of fused-ring (bicyclic) bond motifs is 1. The second kappa shape index (κ2) is 16.9. The second-order valence-corrected chi connectivity index (χ2v) is 17.1. The third-order valence-corrected chi connectivity index (χ3v) is 12.4. The second-order valence-electron chi connectivity index (χ2n) is 15.4. The maximum Gasteiger partial charge on any atom is 0.350 e. The summed E-state index contributed by atoms with van der Waals surface area (Å²) in [5, 5.41) is 23.0. The molecule has 3 aromatic carbocycles. The first kappa shape index (κ1) is 41.5. The van der Waals surface area contributed by atoms with Crippen LogP contribution in [0.1, 0.15) is 45.7 Å². The number of nitrogens with zero attached hydrogens (tertiary/aromatic N) is 8. The Morgan fingerprint density at radius 2 is 1.59 bits per heavy atom. The minimum atomic E-state index is -1.32. The average Bonchev–Trinajstić information content (AvgIpc) is 3.52. The molecule has 7 atom stereocenters. The van der Waals surface area contributed by atoms with Crippen molar-refractivity contribution in [1.82, 2.24) is 19.4 Å². The normalized spacial score (nSPS) is 24.2. The van der Waals surface area contributed by atoms with E-state index in [4.69, 9.17) is 19.9 Å². The smallest absolute Gasteiger partial charge is 0.350 e. The summed E-state index contributed by atoms with van der Waals surface area (Å²) in [7, 11) is 0. The van der Waals surface area contributed by atoms with E-state index in [1.54, 1.807) is 6.92 Å². The topological polar surface area (TPSA) is 165 Å². The van der Waals surface area contributed by atoms with Crippen molar-refractivity contribution in [2.75, 3.05) is 55.7 Å². The number of piperazine rings is 1. The van der Waals surface area contributed by atoms with Gasteiger partial charge in [-0.1, -0.05) is 19.1 Å². The van der Waals surface area contributed by atoms with E-state index in [9.17, 15) is 23.5 Å². The Morgan fingerprint density at radius 3 is 2.12 bits per heavy atom. The number of ether oxygens (including phenoxy) is 3. The van der Waals surface area contributed by atoms with Gasteiger partial charge in [-0.05, 0) is 115 Å². The first-order valence-electron chi connectivity index (χ1n) is 19.3. The van der Waals surface area contributed by atoms with Crippen LogP contribution in [0.5, 0.6) is 5.75 Å². The number of alkyl halides is 1. The number of carboxylic acid groups (broad SMARTS) is 1. The number of nitrogens with two attached hydrogens (primary N) is 1. The molecule has 1 aromatic heterocycles. The number of aromatic nitrogens is 3. The molecule has 15 nitrogen and oxygen atoms in total. The lowest BCUT2D eigenvalue weighted by atomic mass is 9.88. The molecule has 18 heteroatoms. The zero-order chi connectivity index (χ0) is 41.4. The van der Waals surface area contributed by atoms with Gasteiger partial charge in [0.15, 0.2) is 5.79 Å². The van der Waals surface area contributed by atoms with Crippen LogP contribution in [0.15, 0.2) is 88.2 Å². The molecular weight excluding hydrogens is 867 g/mol. The maximum atomic E-state index is 14.3. The molecule has 3 N–H and O–H groups in total. The van der Waals surface area contributed by atoms with Crippen molar-refractivity contribution in [2.24, 2.45) is 27.9 Å². The van der Waals surface area contributed by atoms with E-state index in [1.165, 1.54) is 27.7 Å². The minimum absolute atomic E-state index is 0.0107. The monoisotopic (exact) mass is 915 g/mol. The molecule has 0 amide bonds. The fourth-order valence-electron chi connectivity index (χ4n) is 7.32. The number of hydrogen-bond acceptors (Lipinski definition) is 12. The first-order valence-corrected chi connectivity index (χ1v) is 20.4. The summed E-state index contributed by atoms with van der Waals surface area (Å²) in [6.07, 6.45) is 1.65. The quantitative estimate of drug-likeness (QED) is 0.0731. The lowest BCUT2D eigenvalue weighted by Gasteiger charge is -2.37. The van der Waals surface area contributed by atoms with Crippen molar-refractivity contribution in [3.63, 3.8) is 0 Å². The van der Waals surface area contributed by atoms with Gasteiger partial charge in [-0.25, -0.2) is 27.8 Å². The van der Waals surface area contributed by atoms with E-state index < -0.39 is 35.5 Å². The fourth-order valence-corrected chi connectivity index (χ4v) is 7.84. The Hall–Kier alpha value is -4.66. The van der Waals surface area contributed by atoms with Gasteiger partial charge in [0.25, 0.3) is 0 Å². The number of aliphatic carboxylic acids is 1. The summed E-state index contributed by atoms with van der Waals surface area (Å²) in [6.45, 7) is 12.1. The number of carboxylic acids is 1. The summed E-state index contributed by atoms with van der Waals surface area (Å²) >= 11 is 2.27. The van der Waals surface area contributed by atoms with Gasteiger partial charge < -0.3 is 34.9 Å². The van der Waals surface area contributed by atoms with Crippen molar-refractivity contribution >= 4 is 39.9 Å². The molecule has 5 heterocycles. The number of anilines is 2. The summed E-state index contributed by atoms with van der Waals surface area (Å²) < 4.78 is 48.5. The van der Waals surface area contributed by atoms with E-state index in [0.717, 1.165) is 50.2 Å². The standard InChI is InChI=1S/C38H46F2N6O6.C2H2IN3/c1-24(19-25(2)35(41)36(47)48)26(3)46-37(49)45(23-42-46)30-8-6-28(7-9-30)43-15-17-44(18-16-43)29-10-12-31(13-11-29)50-21-32-22-51-38(4,52-32)33-14-5-27(39)20-34(33)40;3-2-1-6(2)5-4-2/h5-14,20,23-26,32,35H,15-19,21-22,41H2,1-4H3,(H,47,48);1H2/t24?,25?,26?,32?,35-,38?;/m0./s1. The number of halogens is 3. The molecule has 8 rings (SSSR count).